The lowest BCUT2D eigenvalue weighted by Gasteiger charge is -2.22. The van der Waals surface area contributed by atoms with Crippen LogP contribution in [0.2, 0.25) is 0 Å². The van der Waals surface area contributed by atoms with Gasteiger partial charge in [-0.2, -0.15) is 0 Å². The number of hydrogen-bond donors (Lipinski definition) is 2. The Hall–Kier alpha value is -2.34. The average molecular weight is 401 g/mol. The van der Waals surface area contributed by atoms with Crippen LogP contribution in [0.15, 0.2) is 36.4 Å². The highest BCUT2D eigenvalue weighted by molar-refractivity contribution is 7.92. The second-order valence-electron chi connectivity index (χ2n) is 7.57. The fourth-order valence-electron chi connectivity index (χ4n) is 3.75. The number of benzene rings is 2. The van der Waals surface area contributed by atoms with Crippen molar-refractivity contribution in [1.29, 1.82) is 0 Å². The molecule has 2 aromatic carbocycles. The van der Waals surface area contributed by atoms with Crippen molar-refractivity contribution in [3.05, 3.63) is 64.2 Å². The van der Waals surface area contributed by atoms with Gasteiger partial charge in [-0.05, 0) is 79.5 Å². The summed E-state index contributed by atoms with van der Waals surface area (Å²) in [5, 5.41) is 3.12. The molecule has 1 aliphatic carbocycles. The lowest BCUT2D eigenvalue weighted by atomic mass is 9.88. The summed E-state index contributed by atoms with van der Waals surface area (Å²) in [5.74, 6) is -0.154. The Morgan fingerprint density at radius 2 is 1.79 bits per heavy atom. The SMILES string of the molecule is CC[C@@H](NC(=O)c1ccc(NS(C)(=O)=O)c(C)c1)c1ccc2c(c1)CCCC2. The van der Waals surface area contributed by atoms with Gasteiger partial charge in [0.2, 0.25) is 10.0 Å². The van der Waals surface area contributed by atoms with Gasteiger partial charge in [0.1, 0.15) is 0 Å². The number of sulfonamides is 1. The van der Waals surface area contributed by atoms with Gasteiger partial charge in [-0.15, -0.1) is 0 Å². The van der Waals surface area contributed by atoms with Gasteiger partial charge in [-0.1, -0.05) is 25.1 Å². The normalized spacial score (nSPS) is 14.8. The zero-order chi connectivity index (χ0) is 20.3. The summed E-state index contributed by atoms with van der Waals surface area (Å²) < 4.78 is 25.3. The van der Waals surface area contributed by atoms with Crippen LogP contribution < -0.4 is 10.0 Å². The molecular formula is C22H28N2O3S. The van der Waals surface area contributed by atoms with E-state index < -0.39 is 10.0 Å². The molecule has 0 spiro atoms. The molecular weight excluding hydrogens is 372 g/mol. The highest BCUT2D eigenvalue weighted by Gasteiger charge is 2.18. The molecule has 1 atom stereocenters. The van der Waals surface area contributed by atoms with Crippen LogP contribution in [0.3, 0.4) is 0 Å². The summed E-state index contributed by atoms with van der Waals surface area (Å²) in [7, 11) is -3.35. The van der Waals surface area contributed by atoms with Crippen LogP contribution in [0.1, 0.15) is 64.8 Å². The lowest BCUT2D eigenvalue weighted by molar-refractivity contribution is 0.0935. The van der Waals surface area contributed by atoms with Gasteiger partial charge in [0.15, 0.2) is 0 Å². The van der Waals surface area contributed by atoms with Crippen molar-refractivity contribution >= 4 is 21.6 Å². The molecule has 0 saturated carbocycles. The van der Waals surface area contributed by atoms with Crippen LogP contribution in [-0.2, 0) is 22.9 Å². The molecule has 150 valence electrons. The molecule has 0 bridgehead atoms. The molecule has 0 fully saturated rings. The van der Waals surface area contributed by atoms with Gasteiger partial charge >= 0.3 is 0 Å². The topological polar surface area (TPSA) is 75.3 Å². The third kappa shape index (κ3) is 4.93. The predicted molar refractivity (Wildman–Crippen MR) is 113 cm³/mol. The van der Waals surface area contributed by atoms with E-state index in [1.807, 2.05) is 0 Å². The van der Waals surface area contributed by atoms with Gasteiger partial charge < -0.3 is 5.32 Å². The van der Waals surface area contributed by atoms with E-state index >= 15 is 0 Å². The number of hydrogen-bond acceptors (Lipinski definition) is 3. The maximum Gasteiger partial charge on any atom is 0.251 e. The first-order valence-corrected chi connectivity index (χ1v) is 11.7. The molecule has 0 saturated heterocycles. The van der Waals surface area contributed by atoms with E-state index in [4.69, 9.17) is 0 Å². The van der Waals surface area contributed by atoms with Crippen LogP contribution in [0.5, 0.6) is 0 Å². The molecule has 3 rings (SSSR count). The molecule has 0 aromatic heterocycles. The summed E-state index contributed by atoms with van der Waals surface area (Å²) in [6.07, 6.45) is 6.65. The summed E-state index contributed by atoms with van der Waals surface area (Å²) >= 11 is 0. The molecule has 1 aliphatic rings. The van der Waals surface area contributed by atoms with Gasteiger partial charge in [-0.3, -0.25) is 9.52 Å². The van der Waals surface area contributed by atoms with Crippen molar-refractivity contribution in [3.8, 4) is 0 Å². The Bertz CT molecular complexity index is 983. The Morgan fingerprint density at radius 3 is 2.43 bits per heavy atom. The molecule has 0 aliphatic heterocycles. The van der Waals surface area contributed by atoms with Crippen molar-refractivity contribution < 1.29 is 13.2 Å². The van der Waals surface area contributed by atoms with E-state index in [1.165, 1.54) is 24.0 Å². The van der Waals surface area contributed by atoms with E-state index in [0.717, 1.165) is 31.1 Å². The predicted octanol–water partition coefficient (Wildman–Crippen LogP) is 4.13. The molecule has 6 heteroatoms. The minimum Gasteiger partial charge on any atom is -0.345 e. The van der Waals surface area contributed by atoms with Crippen LogP contribution in [-0.4, -0.2) is 20.6 Å². The number of nitrogens with one attached hydrogen (secondary N) is 2. The van der Waals surface area contributed by atoms with Crippen LogP contribution in [0, 0.1) is 6.92 Å². The molecule has 0 radical (unpaired) electrons. The van der Waals surface area contributed by atoms with Crippen LogP contribution in [0.4, 0.5) is 5.69 Å². The smallest absolute Gasteiger partial charge is 0.251 e. The van der Waals surface area contributed by atoms with Crippen molar-refractivity contribution in [3.63, 3.8) is 0 Å². The third-order valence-electron chi connectivity index (χ3n) is 5.27. The van der Waals surface area contributed by atoms with Gasteiger partial charge in [-0.25, -0.2) is 8.42 Å². The number of anilines is 1. The molecule has 1 amide bonds. The number of amides is 1. The highest BCUT2D eigenvalue weighted by Crippen LogP contribution is 2.26. The number of carbonyl (C=O) groups is 1. The van der Waals surface area contributed by atoms with Crippen molar-refractivity contribution in [1.82, 2.24) is 5.32 Å². The van der Waals surface area contributed by atoms with Gasteiger partial charge in [0.05, 0.1) is 18.0 Å². The van der Waals surface area contributed by atoms with Crippen molar-refractivity contribution in [2.75, 3.05) is 11.0 Å². The summed E-state index contributed by atoms with van der Waals surface area (Å²) in [6, 6.07) is 11.5. The molecule has 5 nitrogen and oxygen atoms in total. The molecule has 0 heterocycles. The first-order chi connectivity index (χ1) is 13.3. The van der Waals surface area contributed by atoms with E-state index in [9.17, 15) is 13.2 Å². The Morgan fingerprint density at radius 1 is 1.07 bits per heavy atom. The Kier molecular flexibility index (Phi) is 6.08. The molecule has 2 aromatic rings. The minimum absolute atomic E-state index is 0.0474. The average Bonchev–Trinajstić information content (AvgIpc) is 2.66. The van der Waals surface area contributed by atoms with E-state index in [0.29, 0.717) is 16.8 Å². The summed E-state index contributed by atoms with van der Waals surface area (Å²) in [5.41, 5.74) is 5.70. The third-order valence-corrected chi connectivity index (χ3v) is 5.86. The first-order valence-electron chi connectivity index (χ1n) is 9.78. The minimum atomic E-state index is -3.35. The largest absolute Gasteiger partial charge is 0.345 e. The van der Waals surface area contributed by atoms with Gasteiger partial charge in [0.25, 0.3) is 5.91 Å². The van der Waals surface area contributed by atoms with Crippen LogP contribution >= 0.6 is 0 Å². The van der Waals surface area contributed by atoms with Crippen molar-refractivity contribution in [2.24, 2.45) is 0 Å². The fraction of sp³-hybridized carbons (Fsp3) is 0.409. The summed E-state index contributed by atoms with van der Waals surface area (Å²) in [6.45, 7) is 3.85. The fourth-order valence-corrected chi connectivity index (χ4v) is 4.38. The lowest BCUT2D eigenvalue weighted by Crippen LogP contribution is -2.28. The maximum atomic E-state index is 12.8. The zero-order valence-electron chi connectivity index (χ0n) is 16.7. The van der Waals surface area contributed by atoms with Crippen molar-refractivity contribution in [2.45, 2.75) is 52.0 Å². The standard InChI is InChI=1S/C22H28N2O3S/c1-4-20(18-10-9-16-7-5-6-8-17(16)14-18)23-22(25)19-11-12-21(15(2)13-19)24-28(3,26)27/h9-14,20,24H,4-8H2,1-3H3,(H,23,25)/t20-/m1/s1. The quantitative estimate of drug-likeness (QED) is 0.766. The molecule has 0 unspecified atom stereocenters. The second kappa shape index (κ2) is 8.35. The van der Waals surface area contributed by atoms with E-state index in [2.05, 4.69) is 35.2 Å². The molecule has 28 heavy (non-hydrogen) atoms. The molecule has 2 N–H and O–H groups in total. The maximum absolute atomic E-state index is 12.8. The number of carbonyl (C=O) groups excluding carboxylic acids is 1. The second-order valence-corrected chi connectivity index (χ2v) is 9.32. The Labute approximate surface area is 167 Å². The number of aryl methyl sites for hydroxylation is 3. The van der Waals surface area contributed by atoms with Gasteiger partial charge in [0, 0.05) is 5.56 Å². The number of rotatable bonds is 6. The van der Waals surface area contributed by atoms with Crippen LogP contribution in [0.25, 0.3) is 0 Å². The van der Waals surface area contributed by atoms with E-state index in [1.54, 1.807) is 25.1 Å². The zero-order valence-corrected chi connectivity index (χ0v) is 17.5. The van der Waals surface area contributed by atoms with E-state index in [-0.39, 0.29) is 11.9 Å². The summed E-state index contributed by atoms with van der Waals surface area (Å²) in [4.78, 5) is 12.8. The monoisotopic (exact) mass is 400 g/mol. The number of fused-ring (bicyclic) bond motifs is 1. The first kappa shape index (κ1) is 20.4. The highest BCUT2D eigenvalue weighted by atomic mass is 32.2. The Balaban J connectivity index is 1.76.